The van der Waals surface area contributed by atoms with Crippen molar-refractivity contribution in [3.05, 3.63) is 58.6 Å². The SMILES string of the molecule is Cc1ccccc1-c1cc2cc(OCCCCCCCOC(=O)C(C)C)ncc2oc1=O. The smallest absolute Gasteiger partial charge is 0.344 e. The molecular formula is C26H31NO5. The molecular weight excluding hydrogens is 406 g/mol. The number of aromatic nitrogens is 1. The van der Waals surface area contributed by atoms with Crippen molar-refractivity contribution in [3.63, 3.8) is 0 Å². The molecule has 3 rings (SSSR count). The van der Waals surface area contributed by atoms with E-state index in [2.05, 4.69) is 4.98 Å². The van der Waals surface area contributed by atoms with Crippen LogP contribution in [0.15, 0.2) is 51.8 Å². The third-order valence-corrected chi connectivity index (χ3v) is 5.28. The number of unbranched alkanes of at least 4 members (excludes halogenated alkanes) is 4. The summed E-state index contributed by atoms with van der Waals surface area (Å²) in [5, 5.41) is 0.781. The third-order valence-electron chi connectivity index (χ3n) is 5.28. The van der Waals surface area contributed by atoms with Crippen molar-refractivity contribution in [3.8, 4) is 17.0 Å². The van der Waals surface area contributed by atoms with Gasteiger partial charge >= 0.3 is 11.6 Å². The van der Waals surface area contributed by atoms with Crippen LogP contribution in [0.25, 0.3) is 22.1 Å². The second kappa shape index (κ2) is 11.5. The van der Waals surface area contributed by atoms with Gasteiger partial charge in [-0.2, -0.15) is 0 Å². The summed E-state index contributed by atoms with van der Waals surface area (Å²) in [5.41, 5.74) is 2.48. The van der Waals surface area contributed by atoms with Crippen LogP contribution in [0.1, 0.15) is 51.5 Å². The fourth-order valence-electron chi connectivity index (χ4n) is 3.40. The van der Waals surface area contributed by atoms with Crippen molar-refractivity contribution in [2.24, 2.45) is 5.92 Å². The van der Waals surface area contributed by atoms with Crippen molar-refractivity contribution < 1.29 is 18.7 Å². The van der Waals surface area contributed by atoms with Crippen LogP contribution in [-0.4, -0.2) is 24.2 Å². The van der Waals surface area contributed by atoms with Crippen LogP contribution in [0.5, 0.6) is 5.88 Å². The lowest BCUT2D eigenvalue weighted by Gasteiger charge is -2.08. The molecule has 0 fully saturated rings. The third kappa shape index (κ3) is 6.42. The quantitative estimate of drug-likeness (QED) is 0.283. The van der Waals surface area contributed by atoms with Gasteiger partial charge in [-0.1, -0.05) is 57.4 Å². The lowest BCUT2D eigenvalue weighted by Crippen LogP contribution is -2.12. The molecule has 170 valence electrons. The predicted molar refractivity (Wildman–Crippen MR) is 125 cm³/mol. The first-order valence-corrected chi connectivity index (χ1v) is 11.2. The van der Waals surface area contributed by atoms with Crippen LogP contribution in [0.4, 0.5) is 0 Å². The Kier molecular flexibility index (Phi) is 8.42. The molecule has 0 amide bonds. The van der Waals surface area contributed by atoms with Crippen molar-refractivity contribution >= 4 is 16.9 Å². The molecule has 1 aromatic carbocycles. The summed E-state index contributed by atoms with van der Waals surface area (Å²) in [6.45, 7) is 6.72. The largest absolute Gasteiger partial charge is 0.478 e. The Bertz CT molecular complexity index is 1100. The van der Waals surface area contributed by atoms with E-state index in [-0.39, 0.29) is 17.5 Å². The van der Waals surface area contributed by atoms with Crippen molar-refractivity contribution in [1.82, 2.24) is 4.98 Å². The first-order valence-electron chi connectivity index (χ1n) is 11.2. The van der Waals surface area contributed by atoms with Crippen LogP contribution in [0.2, 0.25) is 0 Å². The summed E-state index contributed by atoms with van der Waals surface area (Å²) in [6, 6.07) is 11.4. The number of hydrogen-bond donors (Lipinski definition) is 0. The molecule has 0 aliphatic rings. The molecule has 0 bridgehead atoms. The normalized spacial score (nSPS) is 11.1. The molecule has 2 heterocycles. The van der Waals surface area contributed by atoms with Gasteiger partial charge in [-0.15, -0.1) is 0 Å². The Labute approximate surface area is 188 Å². The Morgan fingerprint density at radius 2 is 1.72 bits per heavy atom. The number of carbonyl (C=O) groups is 1. The highest BCUT2D eigenvalue weighted by Gasteiger charge is 2.11. The summed E-state index contributed by atoms with van der Waals surface area (Å²) < 4.78 is 16.4. The summed E-state index contributed by atoms with van der Waals surface area (Å²) in [5.74, 6) is 0.315. The van der Waals surface area contributed by atoms with Gasteiger partial charge < -0.3 is 13.9 Å². The number of benzene rings is 1. The molecule has 0 unspecified atom stereocenters. The maximum atomic E-state index is 12.4. The molecule has 3 aromatic rings. The van der Waals surface area contributed by atoms with Crippen LogP contribution in [-0.2, 0) is 9.53 Å². The summed E-state index contributed by atoms with van der Waals surface area (Å²) in [7, 11) is 0. The molecule has 32 heavy (non-hydrogen) atoms. The zero-order chi connectivity index (χ0) is 22.9. The van der Waals surface area contributed by atoms with Gasteiger partial charge in [0.2, 0.25) is 5.88 Å². The molecule has 6 nitrogen and oxygen atoms in total. The number of fused-ring (bicyclic) bond motifs is 1. The van der Waals surface area contributed by atoms with Gasteiger partial charge in [-0.25, -0.2) is 9.78 Å². The van der Waals surface area contributed by atoms with E-state index in [4.69, 9.17) is 13.9 Å². The number of hydrogen-bond acceptors (Lipinski definition) is 6. The highest BCUT2D eigenvalue weighted by atomic mass is 16.5. The highest BCUT2D eigenvalue weighted by Crippen LogP contribution is 2.25. The second-order valence-corrected chi connectivity index (χ2v) is 8.26. The van der Waals surface area contributed by atoms with Crippen LogP contribution in [0.3, 0.4) is 0 Å². The van der Waals surface area contributed by atoms with Gasteiger partial charge in [0.1, 0.15) is 0 Å². The summed E-state index contributed by atoms with van der Waals surface area (Å²) in [4.78, 5) is 28.1. The minimum absolute atomic E-state index is 0.0686. The van der Waals surface area contributed by atoms with Crippen LogP contribution < -0.4 is 10.4 Å². The molecule has 0 saturated carbocycles. The molecule has 6 heteroatoms. The van der Waals surface area contributed by atoms with E-state index in [1.54, 1.807) is 0 Å². The molecule has 0 aliphatic carbocycles. The fraction of sp³-hybridized carbons (Fsp3) is 0.423. The number of nitrogens with zero attached hydrogens (tertiary/aromatic N) is 1. The molecule has 0 N–H and O–H groups in total. The molecule has 0 atom stereocenters. The van der Waals surface area contributed by atoms with Crippen LogP contribution >= 0.6 is 0 Å². The summed E-state index contributed by atoms with van der Waals surface area (Å²) in [6.07, 6.45) is 6.48. The standard InChI is InChI=1S/C26H31NO5/c1-18(2)25(28)31-14-10-6-4-5-9-13-30-24-16-20-15-22(21-12-8-7-11-19(21)3)26(29)32-23(20)17-27-24/h7-8,11-12,15-18H,4-6,9-10,13-14H2,1-3H3. The van der Waals surface area contributed by atoms with Crippen molar-refractivity contribution in [1.29, 1.82) is 0 Å². The summed E-state index contributed by atoms with van der Waals surface area (Å²) >= 11 is 0. The Morgan fingerprint density at radius 3 is 2.47 bits per heavy atom. The van der Waals surface area contributed by atoms with Crippen molar-refractivity contribution in [2.75, 3.05) is 13.2 Å². The lowest BCUT2D eigenvalue weighted by atomic mass is 10.0. The monoisotopic (exact) mass is 437 g/mol. The minimum atomic E-state index is -0.374. The average Bonchev–Trinajstić information content (AvgIpc) is 2.78. The average molecular weight is 438 g/mol. The number of ether oxygens (including phenoxy) is 2. The maximum Gasteiger partial charge on any atom is 0.344 e. The number of aryl methyl sites for hydroxylation is 1. The second-order valence-electron chi connectivity index (χ2n) is 8.26. The van der Waals surface area contributed by atoms with Gasteiger partial charge in [0.05, 0.1) is 30.9 Å². The molecule has 0 spiro atoms. The van der Waals surface area contributed by atoms with E-state index < -0.39 is 0 Å². The Hall–Kier alpha value is -3.15. The van der Waals surface area contributed by atoms with Gasteiger partial charge in [-0.05, 0) is 37.0 Å². The first-order chi connectivity index (χ1) is 15.5. The topological polar surface area (TPSA) is 78.6 Å². The van der Waals surface area contributed by atoms with E-state index in [1.165, 1.54) is 6.20 Å². The zero-order valence-corrected chi connectivity index (χ0v) is 19.1. The van der Waals surface area contributed by atoms with E-state index in [1.807, 2.05) is 57.2 Å². The van der Waals surface area contributed by atoms with Gasteiger partial charge in [0.25, 0.3) is 0 Å². The number of esters is 1. The molecule has 0 aliphatic heterocycles. The fourth-order valence-corrected chi connectivity index (χ4v) is 3.40. The lowest BCUT2D eigenvalue weighted by molar-refractivity contribution is -0.147. The van der Waals surface area contributed by atoms with Gasteiger partial charge in [0, 0.05) is 11.5 Å². The molecule has 0 radical (unpaired) electrons. The minimum Gasteiger partial charge on any atom is -0.478 e. The first kappa shape index (κ1) is 23.5. The molecule has 0 saturated heterocycles. The Morgan fingerprint density at radius 1 is 1.00 bits per heavy atom. The predicted octanol–water partition coefficient (Wildman–Crippen LogP) is 5.69. The van der Waals surface area contributed by atoms with Crippen molar-refractivity contribution in [2.45, 2.75) is 52.9 Å². The van der Waals surface area contributed by atoms with E-state index in [0.717, 1.165) is 48.6 Å². The molecule has 2 aromatic heterocycles. The Balaban J connectivity index is 1.48. The van der Waals surface area contributed by atoms with Gasteiger partial charge in [0.15, 0.2) is 5.58 Å². The van der Waals surface area contributed by atoms with Gasteiger partial charge in [-0.3, -0.25) is 4.79 Å². The number of rotatable bonds is 11. The van der Waals surface area contributed by atoms with E-state index in [0.29, 0.717) is 30.2 Å². The number of pyridine rings is 1. The number of carbonyl (C=O) groups excluding carboxylic acids is 1. The van der Waals surface area contributed by atoms with E-state index >= 15 is 0 Å². The zero-order valence-electron chi connectivity index (χ0n) is 19.1. The van der Waals surface area contributed by atoms with Crippen LogP contribution in [0, 0.1) is 12.8 Å². The maximum absolute atomic E-state index is 12.4. The van der Waals surface area contributed by atoms with E-state index in [9.17, 15) is 9.59 Å². The highest BCUT2D eigenvalue weighted by molar-refractivity contribution is 5.82.